The number of amides is 2. The molecule has 2 aromatic carbocycles. The molecule has 206 valence electrons. The molecule has 1 fully saturated rings. The third kappa shape index (κ3) is 5.98. The van der Waals surface area contributed by atoms with Gasteiger partial charge >= 0.3 is 0 Å². The Morgan fingerprint density at radius 2 is 1.82 bits per heavy atom. The number of rotatable bonds is 8. The summed E-state index contributed by atoms with van der Waals surface area (Å²) in [4.78, 5) is 26.7. The lowest BCUT2D eigenvalue weighted by molar-refractivity contribution is -0.126. The number of benzene rings is 2. The quantitative estimate of drug-likeness (QED) is 0.356. The summed E-state index contributed by atoms with van der Waals surface area (Å²) in [6.45, 7) is 7.66. The highest BCUT2D eigenvalue weighted by atomic mass is 35.5. The normalized spacial score (nSPS) is 25.4. The third-order valence-electron chi connectivity index (χ3n) is 7.32. The molecule has 0 radical (unpaired) electrons. The van der Waals surface area contributed by atoms with Gasteiger partial charge in [0.15, 0.2) is 0 Å². The van der Waals surface area contributed by atoms with Crippen LogP contribution in [0.1, 0.15) is 58.1 Å². The van der Waals surface area contributed by atoms with Gasteiger partial charge in [0, 0.05) is 17.8 Å². The highest BCUT2D eigenvalue weighted by molar-refractivity contribution is 6.31. The largest absolute Gasteiger partial charge is 0.390 e. The second-order valence-corrected chi connectivity index (χ2v) is 12.8. The van der Waals surface area contributed by atoms with Crippen molar-refractivity contribution in [2.75, 3.05) is 11.9 Å². The van der Waals surface area contributed by atoms with E-state index >= 15 is 0 Å². The maximum absolute atomic E-state index is 14.8. The van der Waals surface area contributed by atoms with Gasteiger partial charge in [-0.3, -0.25) is 9.59 Å². The SMILES string of the molecule is CC(C)(C)CC(NCC(=O)NC1CC(C)(O)C1)C1(Cc2ccc(F)c(Cl)c2)C(=O)Nc2cc(Cl)c(F)cc21. The molecule has 2 atom stereocenters. The second kappa shape index (κ2) is 10.4. The van der Waals surface area contributed by atoms with E-state index in [1.54, 1.807) is 13.0 Å². The summed E-state index contributed by atoms with van der Waals surface area (Å²) in [5.41, 5.74) is -1.05. The number of carbonyl (C=O) groups excluding carboxylic acids is 2. The van der Waals surface area contributed by atoms with Gasteiger partial charge in [0.25, 0.3) is 0 Å². The van der Waals surface area contributed by atoms with Crippen LogP contribution in [0.2, 0.25) is 10.0 Å². The topological polar surface area (TPSA) is 90.5 Å². The number of hydrogen-bond acceptors (Lipinski definition) is 4. The van der Waals surface area contributed by atoms with E-state index < -0.39 is 28.7 Å². The number of nitrogens with one attached hydrogen (secondary N) is 3. The molecule has 0 spiro atoms. The van der Waals surface area contributed by atoms with Crippen LogP contribution in [-0.4, -0.2) is 41.2 Å². The number of aliphatic hydroxyl groups is 1. The fourth-order valence-electron chi connectivity index (χ4n) is 5.62. The molecule has 0 saturated heterocycles. The fraction of sp³-hybridized carbons (Fsp3) is 0.500. The van der Waals surface area contributed by atoms with Crippen LogP contribution in [0.5, 0.6) is 0 Å². The van der Waals surface area contributed by atoms with Crippen LogP contribution in [0.4, 0.5) is 14.5 Å². The molecule has 2 unspecified atom stereocenters. The lowest BCUT2D eigenvalue weighted by atomic mass is 9.66. The van der Waals surface area contributed by atoms with Crippen LogP contribution in [0.3, 0.4) is 0 Å². The average molecular weight is 568 g/mol. The molecule has 38 heavy (non-hydrogen) atoms. The van der Waals surface area contributed by atoms with Gasteiger partial charge in [0.1, 0.15) is 11.6 Å². The molecule has 2 aliphatic rings. The van der Waals surface area contributed by atoms with E-state index in [1.807, 2.05) is 20.8 Å². The molecule has 1 saturated carbocycles. The van der Waals surface area contributed by atoms with Crippen molar-refractivity contribution in [2.24, 2.45) is 5.41 Å². The standard InChI is InChI=1S/C28H33Cl2F2N3O3/c1-26(2,3)13-23(33-14-24(36)34-16-11-27(4,38)12-16)28(10-15-5-6-20(31)18(29)7-15)17-8-21(32)19(30)9-22(17)35-25(28)37/h5-9,16,23,33,38H,10-14H2,1-4H3,(H,34,36)(H,35,37). The summed E-state index contributed by atoms with van der Waals surface area (Å²) in [7, 11) is 0. The van der Waals surface area contributed by atoms with E-state index in [4.69, 9.17) is 23.2 Å². The van der Waals surface area contributed by atoms with E-state index in [2.05, 4.69) is 16.0 Å². The Hall–Kier alpha value is -2.26. The minimum Gasteiger partial charge on any atom is -0.390 e. The first-order valence-electron chi connectivity index (χ1n) is 12.6. The van der Waals surface area contributed by atoms with Crippen molar-refractivity contribution in [3.05, 3.63) is 63.1 Å². The predicted octanol–water partition coefficient (Wildman–Crippen LogP) is 5.13. The average Bonchev–Trinajstić information content (AvgIpc) is 3.03. The van der Waals surface area contributed by atoms with Crippen molar-refractivity contribution < 1.29 is 23.5 Å². The Morgan fingerprint density at radius 3 is 2.42 bits per heavy atom. The smallest absolute Gasteiger partial charge is 0.237 e. The molecule has 2 amide bonds. The lowest BCUT2D eigenvalue weighted by Crippen LogP contribution is -2.58. The van der Waals surface area contributed by atoms with Gasteiger partial charge in [-0.05, 0) is 73.4 Å². The van der Waals surface area contributed by atoms with Crippen molar-refractivity contribution in [3.63, 3.8) is 0 Å². The Balaban J connectivity index is 1.73. The molecule has 10 heteroatoms. The van der Waals surface area contributed by atoms with Crippen molar-refractivity contribution in [3.8, 4) is 0 Å². The first-order valence-corrected chi connectivity index (χ1v) is 13.4. The van der Waals surface area contributed by atoms with Crippen LogP contribution < -0.4 is 16.0 Å². The third-order valence-corrected chi connectivity index (χ3v) is 7.90. The highest BCUT2D eigenvalue weighted by Crippen LogP contribution is 2.47. The zero-order chi connectivity index (χ0) is 28.0. The molecule has 1 aliphatic heterocycles. The van der Waals surface area contributed by atoms with E-state index in [-0.39, 0.29) is 46.3 Å². The molecule has 4 rings (SSSR count). The zero-order valence-electron chi connectivity index (χ0n) is 21.9. The van der Waals surface area contributed by atoms with Crippen LogP contribution >= 0.6 is 23.2 Å². The van der Waals surface area contributed by atoms with Gasteiger partial charge in [0.05, 0.1) is 27.6 Å². The molecule has 2 aromatic rings. The number of halogens is 4. The molecular weight excluding hydrogens is 535 g/mol. The van der Waals surface area contributed by atoms with Crippen molar-refractivity contribution in [1.82, 2.24) is 10.6 Å². The Kier molecular flexibility index (Phi) is 7.85. The van der Waals surface area contributed by atoms with Crippen LogP contribution in [0.15, 0.2) is 30.3 Å². The Labute approximate surface area is 231 Å². The maximum atomic E-state index is 14.8. The molecule has 6 nitrogen and oxygen atoms in total. The molecule has 1 aliphatic carbocycles. The molecular formula is C28H33Cl2F2N3O3. The number of carbonyl (C=O) groups is 2. The van der Waals surface area contributed by atoms with E-state index in [0.29, 0.717) is 36.1 Å². The van der Waals surface area contributed by atoms with E-state index in [1.165, 1.54) is 24.3 Å². The summed E-state index contributed by atoms with van der Waals surface area (Å²) in [5, 5.41) is 18.8. The highest BCUT2D eigenvalue weighted by Gasteiger charge is 2.53. The Morgan fingerprint density at radius 1 is 1.16 bits per heavy atom. The lowest BCUT2D eigenvalue weighted by Gasteiger charge is -2.42. The second-order valence-electron chi connectivity index (χ2n) is 12.0. The summed E-state index contributed by atoms with van der Waals surface area (Å²) in [6.07, 6.45) is 1.46. The minimum absolute atomic E-state index is 0.0771. The molecule has 1 heterocycles. The molecule has 0 bridgehead atoms. The van der Waals surface area contributed by atoms with Gasteiger partial charge in [-0.25, -0.2) is 8.78 Å². The van der Waals surface area contributed by atoms with Gasteiger partial charge in [-0.15, -0.1) is 0 Å². The van der Waals surface area contributed by atoms with Crippen molar-refractivity contribution in [2.45, 2.75) is 76.5 Å². The fourth-order valence-corrected chi connectivity index (χ4v) is 5.99. The monoisotopic (exact) mass is 567 g/mol. The van der Waals surface area contributed by atoms with E-state index in [0.717, 1.165) is 0 Å². The summed E-state index contributed by atoms with van der Waals surface area (Å²) < 4.78 is 28.8. The van der Waals surface area contributed by atoms with Gasteiger partial charge in [-0.2, -0.15) is 0 Å². The van der Waals surface area contributed by atoms with Crippen molar-refractivity contribution >= 4 is 40.7 Å². The predicted molar refractivity (Wildman–Crippen MR) is 144 cm³/mol. The summed E-state index contributed by atoms with van der Waals surface area (Å²) in [5.74, 6) is -1.92. The first kappa shape index (κ1) is 28.7. The number of anilines is 1. The first-order chi connectivity index (χ1) is 17.6. The Bertz CT molecular complexity index is 1260. The number of fused-ring (bicyclic) bond motifs is 1. The van der Waals surface area contributed by atoms with Crippen LogP contribution in [0, 0.1) is 17.0 Å². The van der Waals surface area contributed by atoms with E-state index in [9.17, 15) is 23.5 Å². The van der Waals surface area contributed by atoms with Gasteiger partial charge in [0.2, 0.25) is 11.8 Å². The van der Waals surface area contributed by atoms with Crippen LogP contribution in [-0.2, 0) is 21.4 Å². The molecule has 4 N–H and O–H groups in total. The minimum atomic E-state index is -1.35. The number of hydrogen-bond donors (Lipinski definition) is 4. The van der Waals surface area contributed by atoms with Crippen LogP contribution in [0.25, 0.3) is 0 Å². The van der Waals surface area contributed by atoms with Crippen molar-refractivity contribution in [1.29, 1.82) is 0 Å². The van der Waals surface area contributed by atoms with Gasteiger partial charge in [-0.1, -0.05) is 50.0 Å². The summed E-state index contributed by atoms with van der Waals surface area (Å²) in [6, 6.07) is 6.13. The summed E-state index contributed by atoms with van der Waals surface area (Å²) >= 11 is 12.1. The van der Waals surface area contributed by atoms with Gasteiger partial charge < -0.3 is 21.1 Å². The molecule has 0 aromatic heterocycles. The maximum Gasteiger partial charge on any atom is 0.237 e. The zero-order valence-corrected chi connectivity index (χ0v) is 23.4.